The molecule has 2 aliphatic carbocycles. The van der Waals surface area contributed by atoms with Crippen molar-refractivity contribution in [1.29, 1.82) is 0 Å². The van der Waals surface area contributed by atoms with Gasteiger partial charge in [-0.15, -0.1) is 0 Å². The molecule has 0 radical (unpaired) electrons. The number of nitrogens with two attached hydrogens (primary N) is 1. The standard InChI is InChI=1S/C15H14F4N2/c16-13-5-8(1-3-12(13)15(17,18)19)10-6-21-7-11-9(10)2-4-14(11)20/h1,3,5-7,12-14H,2,4,20H2. The Bertz CT molecular complexity index is 619. The molecule has 3 rings (SSSR count). The lowest BCUT2D eigenvalue weighted by Gasteiger charge is -2.23. The predicted octanol–water partition coefficient (Wildman–Crippen LogP) is 3.50. The number of pyridine rings is 1. The molecular formula is C15H14F4N2. The molecule has 6 heteroatoms. The van der Waals surface area contributed by atoms with Gasteiger partial charge in [0.15, 0.2) is 0 Å². The van der Waals surface area contributed by atoms with Crippen molar-refractivity contribution in [3.05, 3.63) is 47.3 Å². The van der Waals surface area contributed by atoms with Crippen LogP contribution in [0.5, 0.6) is 0 Å². The molecule has 0 spiro atoms. The molecule has 0 aromatic carbocycles. The minimum absolute atomic E-state index is 0.107. The number of alkyl halides is 4. The first-order valence-corrected chi connectivity index (χ1v) is 6.71. The summed E-state index contributed by atoms with van der Waals surface area (Å²) in [5.41, 5.74) is 8.94. The fourth-order valence-corrected chi connectivity index (χ4v) is 2.92. The van der Waals surface area contributed by atoms with E-state index in [9.17, 15) is 17.6 Å². The maximum Gasteiger partial charge on any atom is 0.398 e. The van der Waals surface area contributed by atoms with Gasteiger partial charge < -0.3 is 5.73 Å². The van der Waals surface area contributed by atoms with Crippen LogP contribution in [-0.2, 0) is 6.42 Å². The highest BCUT2D eigenvalue weighted by molar-refractivity contribution is 5.78. The summed E-state index contributed by atoms with van der Waals surface area (Å²) in [5.74, 6) is -2.08. The van der Waals surface area contributed by atoms with Crippen molar-refractivity contribution in [3.8, 4) is 0 Å². The van der Waals surface area contributed by atoms with Crippen molar-refractivity contribution >= 4 is 5.57 Å². The molecule has 0 saturated heterocycles. The molecule has 0 saturated carbocycles. The van der Waals surface area contributed by atoms with Crippen LogP contribution in [0.1, 0.15) is 29.2 Å². The molecule has 21 heavy (non-hydrogen) atoms. The molecule has 0 fully saturated rings. The molecule has 112 valence electrons. The van der Waals surface area contributed by atoms with Gasteiger partial charge in [0.1, 0.15) is 12.1 Å². The highest BCUT2D eigenvalue weighted by Crippen LogP contribution is 2.39. The van der Waals surface area contributed by atoms with Crippen LogP contribution in [-0.4, -0.2) is 17.3 Å². The normalized spacial score (nSPS) is 28.4. The summed E-state index contributed by atoms with van der Waals surface area (Å²) in [6.45, 7) is 0. The Kier molecular flexibility index (Phi) is 3.36. The van der Waals surface area contributed by atoms with Gasteiger partial charge in [0.2, 0.25) is 0 Å². The first-order valence-electron chi connectivity index (χ1n) is 6.71. The quantitative estimate of drug-likeness (QED) is 0.806. The van der Waals surface area contributed by atoms with Crippen molar-refractivity contribution in [3.63, 3.8) is 0 Å². The minimum atomic E-state index is -4.57. The van der Waals surface area contributed by atoms with E-state index in [1.54, 1.807) is 12.4 Å². The summed E-state index contributed by atoms with van der Waals surface area (Å²) in [6.07, 6.45) is 1.34. The van der Waals surface area contributed by atoms with Gasteiger partial charge in [-0.05, 0) is 35.6 Å². The molecule has 1 heterocycles. The minimum Gasteiger partial charge on any atom is -0.324 e. The number of fused-ring (bicyclic) bond motifs is 1. The van der Waals surface area contributed by atoms with Crippen LogP contribution in [0, 0.1) is 5.92 Å². The maximum atomic E-state index is 13.8. The smallest absolute Gasteiger partial charge is 0.324 e. The molecule has 3 atom stereocenters. The molecule has 2 nitrogen and oxygen atoms in total. The average molecular weight is 298 g/mol. The molecule has 2 N–H and O–H groups in total. The molecule has 3 unspecified atom stereocenters. The van der Waals surface area contributed by atoms with E-state index < -0.39 is 18.3 Å². The van der Waals surface area contributed by atoms with E-state index in [0.717, 1.165) is 36.1 Å². The number of rotatable bonds is 1. The Morgan fingerprint density at radius 3 is 2.67 bits per heavy atom. The molecular weight excluding hydrogens is 284 g/mol. The highest BCUT2D eigenvalue weighted by Gasteiger charge is 2.44. The molecule has 0 bridgehead atoms. The Hall–Kier alpha value is -1.69. The van der Waals surface area contributed by atoms with E-state index >= 15 is 0 Å². The second kappa shape index (κ2) is 4.94. The Morgan fingerprint density at radius 1 is 1.24 bits per heavy atom. The number of hydrogen-bond donors (Lipinski definition) is 1. The van der Waals surface area contributed by atoms with E-state index in [2.05, 4.69) is 4.98 Å². The Morgan fingerprint density at radius 2 is 2.00 bits per heavy atom. The molecule has 1 aromatic rings. The van der Waals surface area contributed by atoms with E-state index in [1.807, 2.05) is 0 Å². The second-order valence-corrected chi connectivity index (χ2v) is 5.39. The van der Waals surface area contributed by atoms with Gasteiger partial charge in [0, 0.05) is 24.0 Å². The summed E-state index contributed by atoms with van der Waals surface area (Å²) in [6, 6.07) is -0.107. The van der Waals surface area contributed by atoms with Gasteiger partial charge in [0.05, 0.1) is 0 Å². The first-order chi connectivity index (χ1) is 9.88. The van der Waals surface area contributed by atoms with E-state index in [1.165, 1.54) is 6.08 Å². The second-order valence-electron chi connectivity index (χ2n) is 5.39. The summed E-state index contributed by atoms with van der Waals surface area (Å²) >= 11 is 0. The first kappa shape index (κ1) is 14.3. The number of aromatic nitrogens is 1. The highest BCUT2D eigenvalue weighted by atomic mass is 19.4. The van der Waals surface area contributed by atoms with Gasteiger partial charge in [-0.2, -0.15) is 13.2 Å². The van der Waals surface area contributed by atoms with Crippen molar-refractivity contribution in [2.24, 2.45) is 11.7 Å². The summed E-state index contributed by atoms with van der Waals surface area (Å²) in [5, 5.41) is 0. The lowest BCUT2D eigenvalue weighted by atomic mass is 9.89. The summed E-state index contributed by atoms with van der Waals surface area (Å²) < 4.78 is 51.7. The lowest BCUT2D eigenvalue weighted by Crippen LogP contribution is -2.30. The summed E-state index contributed by atoms with van der Waals surface area (Å²) in [4.78, 5) is 4.08. The fourth-order valence-electron chi connectivity index (χ4n) is 2.92. The molecule has 1 aromatic heterocycles. The lowest BCUT2D eigenvalue weighted by molar-refractivity contribution is -0.171. The van der Waals surface area contributed by atoms with Crippen LogP contribution in [0.2, 0.25) is 0 Å². The third-order valence-electron chi connectivity index (χ3n) is 4.05. The monoisotopic (exact) mass is 298 g/mol. The van der Waals surface area contributed by atoms with E-state index in [4.69, 9.17) is 5.73 Å². The number of nitrogens with zero attached hydrogens (tertiary/aromatic N) is 1. The van der Waals surface area contributed by atoms with Crippen LogP contribution in [0.4, 0.5) is 17.6 Å². The van der Waals surface area contributed by atoms with Gasteiger partial charge in [-0.1, -0.05) is 12.2 Å². The largest absolute Gasteiger partial charge is 0.398 e. The zero-order valence-corrected chi connectivity index (χ0v) is 11.1. The molecule has 0 aliphatic heterocycles. The van der Waals surface area contributed by atoms with Gasteiger partial charge in [-0.25, -0.2) is 4.39 Å². The van der Waals surface area contributed by atoms with Crippen molar-refractivity contribution in [1.82, 2.24) is 4.98 Å². The molecule has 2 aliphatic rings. The van der Waals surface area contributed by atoms with Crippen molar-refractivity contribution in [2.45, 2.75) is 31.2 Å². The van der Waals surface area contributed by atoms with Crippen LogP contribution in [0.15, 0.2) is 30.6 Å². The third kappa shape index (κ3) is 2.48. The Balaban J connectivity index is 1.96. The third-order valence-corrected chi connectivity index (χ3v) is 4.05. The fraction of sp³-hybridized carbons (Fsp3) is 0.400. The summed E-state index contributed by atoms with van der Waals surface area (Å²) in [7, 11) is 0. The van der Waals surface area contributed by atoms with E-state index in [0.29, 0.717) is 11.1 Å². The van der Waals surface area contributed by atoms with Crippen LogP contribution >= 0.6 is 0 Å². The number of allylic oxidation sites excluding steroid dienone is 4. The topological polar surface area (TPSA) is 38.9 Å². The van der Waals surface area contributed by atoms with Gasteiger partial charge >= 0.3 is 6.18 Å². The Labute approximate surface area is 119 Å². The number of hydrogen-bond acceptors (Lipinski definition) is 2. The van der Waals surface area contributed by atoms with Crippen molar-refractivity contribution in [2.75, 3.05) is 0 Å². The van der Waals surface area contributed by atoms with Gasteiger partial charge in [0.25, 0.3) is 0 Å². The van der Waals surface area contributed by atoms with Gasteiger partial charge in [-0.3, -0.25) is 4.98 Å². The van der Waals surface area contributed by atoms with E-state index in [-0.39, 0.29) is 6.04 Å². The van der Waals surface area contributed by atoms with Crippen molar-refractivity contribution < 1.29 is 17.6 Å². The average Bonchev–Trinajstić information content (AvgIpc) is 2.79. The predicted molar refractivity (Wildman–Crippen MR) is 71.0 cm³/mol. The maximum absolute atomic E-state index is 13.8. The van der Waals surface area contributed by atoms with Crippen LogP contribution in [0.25, 0.3) is 5.57 Å². The van der Waals surface area contributed by atoms with Crippen LogP contribution < -0.4 is 5.73 Å². The van der Waals surface area contributed by atoms with Crippen LogP contribution in [0.3, 0.4) is 0 Å². The molecule has 0 amide bonds. The SMILES string of the molecule is NC1CCc2c(C3=CC(F)C(C(F)(F)F)C=C3)cncc21. The number of halogens is 4. The zero-order chi connectivity index (χ0) is 15.2. The zero-order valence-electron chi connectivity index (χ0n) is 11.1.